The molecule has 3 saturated heterocycles. The zero-order valence-corrected chi connectivity index (χ0v) is 29.5. The van der Waals surface area contributed by atoms with E-state index in [2.05, 4.69) is 59.9 Å². The molecule has 3 heterocycles. The Hall–Kier alpha value is -0.580. The first-order valence-corrected chi connectivity index (χ1v) is 18.1. The van der Waals surface area contributed by atoms with Gasteiger partial charge in [0, 0.05) is 25.0 Å². The number of hydrogen-bond donors (Lipinski definition) is 0. The average Bonchev–Trinajstić information content (AvgIpc) is 3.29. The smallest absolute Gasteiger partial charge is 0.362 e. The minimum atomic E-state index is 0. The van der Waals surface area contributed by atoms with Crippen LogP contribution < -0.4 is 12.4 Å². The minimum Gasteiger partial charge on any atom is -1.00 e. The number of halogens is 1. The summed E-state index contributed by atoms with van der Waals surface area (Å²) in [4.78, 5) is 16.1. The van der Waals surface area contributed by atoms with Crippen molar-refractivity contribution in [1.82, 2.24) is 4.90 Å². The maximum absolute atomic E-state index is 13.5. The molecule has 244 valence electrons. The lowest BCUT2D eigenvalue weighted by Gasteiger charge is -2.73. The summed E-state index contributed by atoms with van der Waals surface area (Å²) in [6, 6.07) is 0. The maximum atomic E-state index is 13.5. The first-order chi connectivity index (χ1) is 19.7. The lowest BCUT2D eigenvalue weighted by Crippen LogP contribution is -3.00. The van der Waals surface area contributed by atoms with Crippen LogP contribution >= 0.6 is 0 Å². The molecule has 0 N–H and O–H groups in total. The van der Waals surface area contributed by atoms with E-state index in [1.54, 1.807) is 0 Å². The highest BCUT2D eigenvalue weighted by molar-refractivity contribution is 5.71. The van der Waals surface area contributed by atoms with Crippen molar-refractivity contribution in [3.8, 4) is 0 Å². The van der Waals surface area contributed by atoms with Gasteiger partial charge in [0.15, 0.2) is 6.54 Å². The van der Waals surface area contributed by atoms with Gasteiger partial charge in [-0.3, -0.25) is 4.90 Å². The molecule has 8 rings (SSSR count). The van der Waals surface area contributed by atoms with E-state index in [-0.39, 0.29) is 29.9 Å². The first kappa shape index (κ1) is 32.4. The number of esters is 1. The van der Waals surface area contributed by atoms with Gasteiger partial charge in [-0.15, -0.1) is 0 Å². The van der Waals surface area contributed by atoms with Crippen LogP contribution in [0.1, 0.15) is 113 Å². The van der Waals surface area contributed by atoms with Gasteiger partial charge in [-0.2, -0.15) is 0 Å². The fraction of sp³-hybridized carbons (Fsp3) is 0.921. The van der Waals surface area contributed by atoms with Gasteiger partial charge in [0.2, 0.25) is 0 Å². The summed E-state index contributed by atoms with van der Waals surface area (Å²) in [7, 11) is 0. The summed E-state index contributed by atoms with van der Waals surface area (Å²) in [6.45, 7) is 30.0. The van der Waals surface area contributed by atoms with Crippen molar-refractivity contribution in [3.63, 3.8) is 0 Å². The molecular weight excluding hydrogens is 552 g/mol. The molecule has 0 radical (unpaired) electrons. The van der Waals surface area contributed by atoms with Gasteiger partial charge in [-0.1, -0.05) is 53.7 Å². The molecule has 8 aliphatic rings. The minimum absolute atomic E-state index is 0. The number of ether oxygens (including phenoxy) is 1. The Bertz CT molecular complexity index is 1120. The van der Waals surface area contributed by atoms with Gasteiger partial charge in [0.05, 0.1) is 19.6 Å². The monoisotopic (exact) mass is 614 g/mol. The fourth-order valence-corrected chi connectivity index (χ4v) is 14.1. The van der Waals surface area contributed by atoms with E-state index < -0.39 is 0 Å². The summed E-state index contributed by atoms with van der Waals surface area (Å²) in [5.74, 6) is 3.89. The Kier molecular flexibility index (Phi) is 7.88. The largest absolute Gasteiger partial charge is 1.00 e. The molecule has 5 aliphatic carbocycles. The van der Waals surface area contributed by atoms with Crippen LogP contribution in [0.5, 0.6) is 0 Å². The Labute approximate surface area is 270 Å². The van der Waals surface area contributed by atoms with Crippen LogP contribution in [0.25, 0.3) is 0 Å². The first-order valence-electron chi connectivity index (χ1n) is 18.1. The Morgan fingerprint density at radius 2 is 1.49 bits per heavy atom. The summed E-state index contributed by atoms with van der Waals surface area (Å²) < 4.78 is 7.50. The molecule has 0 amide bonds. The zero-order chi connectivity index (χ0) is 29.9. The van der Waals surface area contributed by atoms with Crippen LogP contribution in [-0.2, 0) is 9.53 Å². The normalized spacial score (nSPS) is 53.0. The molecule has 0 spiro atoms. The highest BCUT2D eigenvalue weighted by atomic mass is 35.5. The van der Waals surface area contributed by atoms with E-state index in [1.165, 1.54) is 63.4 Å². The molecule has 43 heavy (non-hydrogen) atoms. The third kappa shape index (κ3) is 4.51. The molecule has 5 saturated carbocycles. The Morgan fingerprint density at radius 1 is 0.814 bits per heavy atom. The van der Waals surface area contributed by atoms with Gasteiger partial charge >= 0.3 is 5.97 Å². The van der Waals surface area contributed by atoms with Crippen LogP contribution in [0.2, 0.25) is 0 Å². The maximum Gasteiger partial charge on any atom is 0.362 e. The molecule has 5 heteroatoms. The topological polar surface area (TPSA) is 29.5 Å². The highest BCUT2D eigenvalue weighted by Crippen LogP contribution is 2.77. The standard InChI is InChI=1S/C38H63N2O2.ClH/c1-26(2)27-11-14-35(5)17-18-37(7)28(33(27)35)9-10-30-36(6)15-13-31(34(3,4)29(36)12-16-38(30,37)8)42-32(41)25-40-22-19-39(20-23-40)21-24-40;/h27-31,33H,1,9-25H2,2-8H3;1H/q+1;/p-1/t27-,28?,29?,30?,31-,33?,35+,36-,37+,38+;/m0./s1. The number of fused-ring (bicyclic) bond motifs is 10. The summed E-state index contributed by atoms with van der Waals surface area (Å²) >= 11 is 0. The second kappa shape index (κ2) is 10.5. The van der Waals surface area contributed by atoms with Crippen molar-refractivity contribution < 1.29 is 26.4 Å². The Morgan fingerprint density at radius 3 is 2.14 bits per heavy atom. The van der Waals surface area contributed by atoms with E-state index in [4.69, 9.17) is 4.74 Å². The van der Waals surface area contributed by atoms with Crippen LogP contribution in [0, 0.1) is 56.7 Å². The number of hydrogen-bond acceptors (Lipinski definition) is 3. The number of quaternary nitrogens is 1. The second-order valence-corrected chi connectivity index (χ2v) is 18.7. The molecule has 2 bridgehead atoms. The molecular formula is C38H63ClN2O2. The highest BCUT2D eigenvalue weighted by Gasteiger charge is 2.70. The fourth-order valence-electron chi connectivity index (χ4n) is 14.1. The van der Waals surface area contributed by atoms with Crippen molar-refractivity contribution >= 4 is 5.97 Å². The number of nitrogens with zero attached hydrogens (tertiary/aromatic N) is 2. The third-order valence-corrected chi connectivity index (χ3v) is 16.8. The summed E-state index contributed by atoms with van der Waals surface area (Å²) in [5.41, 5.74) is 3.17. The molecule has 3 aliphatic heterocycles. The third-order valence-electron chi connectivity index (χ3n) is 16.8. The number of carbonyl (C=O) groups excluding carboxylic acids is 1. The van der Waals surface area contributed by atoms with E-state index in [1.807, 2.05) is 0 Å². The van der Waals surface area contributed by atoms with Crippen LogP contribution in [0.4, 0.5) is 0 Å². The zero-order valence-electron chi connectivity index (χ0n) is 28.8. The molecule has 10 atom stereocenters. The van der Waals surface area contributed by atoms with E-state index >= 15 is 0 Å². The molecule has 0 aromatic carbocycles. The second-order valence-electron chi connectivity index (χ2n) is 18.7. The van der Waals surface area contributed by atoms with Gasteiger partial charge < -0.3 is 21.6 Å². The van der Waals surface area contributed by atoms with E-state index in [0.717, 1.165) is 73.8 Å². The van der Waals surface area contributed by atoms with Crippen molar-refractivity contribution in [2.75, 3.05) is 45.8 Å². The molecule has 4 nitrogen and oxygen atoms in total. The van der Waals surface area contributed by atoms with Crippen LogP contribution in [0.3, 0.4) is 0 Å². The number of carbonyl (C=O) groups is 1. The molecule has 0 aromatic heterocycles. The van der Waals surface area contributed by atoms with Crippen molar-refractivity contribution in [2.24, 2.45) is 56.7 Å². The van der Waals surface area contributed by atoms with Gasteiger partial charge in [-0.25, -0.2) is 4.79 Å². The van der Waals surface area contributed by atoms with Crippen molar-refractivity contribution in [2.45, 2.75) is 119 Å². The lowest BCUT2D eigenvalue weighted by atomic mass is 9.32. The van der Waals surface area contributed by atoms with Crippen LogP contribution in [0.15, 0.2) is 12.2 Å². The van der Waals surface area contributed by atoms with E-state index in [9.17, 15) is 4.79 Å². The average molecular weight is 615 g/mol. The molecule has 0 aromatic rings. The predicted molar refractivity (Wildman–Crippen MR) is 171 cm³/mol. The molecule has 4 unspecified atom stereocenters. The number of piperazine rings is 3. The molecule has 8 fully saturated rings. The van der Waals surface area contributed by atoms with Crippen molar-refractivity contribution in [1.29, 1.82) is 0 Å². The van der Waals surface area contributed by atoms with Gasteiger partial charge in [0.1, 0.15) is 6.10 Å². The predicted octanol–water partition coefficient (Wildman–Crippen LogP) is 4.73. The SMILES string of the molecule is C=C(C)[C@@H]1CC[C@]2(C)CC[C@]3(C)C(CCC4[C@@]5(C)CC[C@H](OC(=O)C[N+]67CCN(CC6)CC7)C(C)(C)C5CC[C@]43C)C12.[Cl-]. The summed E-state index contributed by atoms with van der Waals surface area (Å²) in [5, 5.41) is 0. The van der Waals surface area contributed by atoms with E-state index in [0.29, 0.717) is 34.1 Å². The summed E-state index contributed by atoms with van der Waals surface area (Å²) in [6.07, 6.45) is 13.4. The quantitative estimate of drug-likeness (QED) is 0.261. The number of rotatable bonds is 4. The van der Waals surface area contributed by atoms with Crippen molar-refractivity contribution in [3.05, 3.63) is 12.2 Å². The van der Waals surface area contributed by atoms with Gasteiger partial charge in [0.25, 0.3) is 0 Å². The Balaban J connectivity index is 0.00000329. The van der Waals surface area contributed by atoms with Crippen LogP contribution in [-0.4, -0.2) is 67.3 Å². The number of allylic oxidation sites excluding steroid dienone is 1. The van der Waals surface area contributed by atoms with Gasteiger partial charge in [-0.05, 0) is 122 Å². The lowest BCUT2D eigenvalue weighted by molar-refractivity contribution is -0.934.